The Labute approximate surface area is 178 Å². The predicted octanol–water partition coefficient (Wildman–Crippen LogP) is 1.45. The van der Waals surface area contributed by atoms with Crippen LogP contribution in [0.2, 0.25) is 0 Å². The molecular formula is C18H17FIN3O6. The minimum Gasteiger partial charge on any atom is -0.459 e. The zero-order valence-corrected chi connectivity index (χ0v) is 17.3. The summed E-state index contributed by atoms with van der Waals surface area (Å²) in [5, 5.41) is 0. The highest BCUT2D eigenvalue weighted by molar-refractivity contribution is 14.1. The van der Waals surface area contributed by atoms with Crippen molar-refractivity contribution < 1.29 is 28.2 Å². The number of hydrogen-bond acceptors (Lipinski definition) is 8. The maximum atomic E-state index is 15.0. The van der Waals surface area contributed by atoms with Gasteiger partial charge < -0.3 is 19.9 Å². The minimum absolute atomic E-state index is 0.00475. The molecule has 1 aliphatic rings. The molecular weight excluding hydrogens is 500 g/mol. The molecule has 0 unspecified atom stereocenters. The zero-order chi connectivity index (χ0) is 21.1. The highest BCUT2D eigenvalue weighted by atomic mass is 127. The normalized spacial score (nSPS) is 23.6. The van der Waals surface area contributed by atoms with Crippen molar-refractivity contribution in [3.63, 3.8) is 0 Å². The molecule has 1 aromatic carbocycles. The van der Waals surface area contributed by atoms with Gasteiger partial charge in [-0.1, -0.05) is 18.2 Å². The number of nitrogen functional groups attached to an aromatic ring is 1. The fourth-order valence-corrected chi connectivity index (χ4v) is 3.26. The fraction of sp³-hybridized carbons (Fsp3) is 0.333. The molecule has 0 spiro atoms. The number of carbonyl (C=O) groups is 2. The number of esters is 2. The van der Waals surface area contributed by atoms with Gasteiger partial charge in [0.2, 0.25) is 0 Å². The summed E-state index contributed by atoms with van der Waals surface area (Å²) in [6.07, 6.45) is -4.50. The van der Waals surface area contributed by atoms with Crippen LogP contribution >= 0.6 is 22.6 Å². The van der Waals surface area contributed by atoms with Crippen LogP contribution in [-0.2, 0) is 19.0 Å². The van der Waals surface area contributed by atoms with Gasteiger partial charge in [0, 0.05) is 13.1 Å². The highest BCUT2D eigenvalue weighted by Crippen LogP contribution is 2.34. The second kappa shape index (κ2) is 8.86. The first-order chi connectivity index (χ1) is 13.8. The molecule has 1 saturated heterocycles. The third kappa shape index (κ3) is 4.72. The molecule has 1 aliphatic heterocycles. The summed E-state index contributed by atoms with van der Waals surface area (Å²) in [5.74, 6) is -1.38. The van der Waals surface area contributed by atoms with E-state index in [-0.39, 0.29) is 12.4 Å². The molecule has 0 amide bonds. The highest BCUT2D eigenvalue weighted by Gasteiger charge is 2.49. The lowest BCUT2D eigenvalue weighted by molar-refractivity contribution is -0.152. The summed E-state index contributed by atoms with van der Waals surface area (Å²) in [4.78, 5) is 39.3. The molecule has 2 aromatic rings. The van der Waals surface area contributed by atoms with Crippen molar-refractivity contribution in [3.05, 3.63) is 56.1 Å². The molecule has 2 heterocycles. The first-order valence-electron chi connectivity index (χ1n) is 8.51. The van der Waals surface area contributed by atoms with Crippen molar-refractivity contribution >= 4 is 40.3 Å². The van der Waals surface area contributed by atoms with E-state index < -0.39 is 42.2 Å². The van der Waals surface area contributed by atoms with Crippen molar-refractivity contribution in [2.75, 3.05) is 12.3 Å². The molecule has 0 aliphatic carbocycles. The lowest BCUT2D eigenvalue weighted by atomic mass is 10.1. The van der Waals surface area contributed by atoms with Gasteiger partial charge in [0.1, 0.15) is 18.5 Å². The van der Waals surface area contributed by atoms with Crippen molar-refractivity contribution in [3.8, 4) is 0 Å². The lowest BCUT2D eigenvalue weighted by Gasteiger charge is -2.18. The van der Waals surface area contributed by atoms with Crippen molar-refractivity contribution in [1.29, 1.82) is 0 Å². The fourth-order valence-electron chi connectivity index (χ4n) is 2.84. The number of hydrogen-bond donors (Lipinski definition) is 1. The van der Waals surface area contributed by atoms with Crippen LogP contribution in [0.1, 0.15) is 23.5 Å². The number of nitrogens with zero attached hydrogens (tertiary/aromatic N) is 2. The molecule has 0 radical (unpaired) electrons. The van der Waals surface area contributed by atoms with Crippen LogP contribution in [0.3, 0.4) is 0 Å². The Kier molecular flexibility index (Phi) is 6.47. The molecule has 154 valence electrons. The molecule has 0 bridgehead atoms. The van der Waals surface area contributed by atoms with E-state index in [4.69, 9.17) is 19.9 Å². The topological polar surface area (TPSA) is 123 Å². The van der Waals surface area contributed by atoms with Gasteiger partial charge in [-0.05, 0) is 34.7 Å². The lowest BCUT2D eigenvalue weighted by Crippen LogP contribution is -2.37. The van der Waals surface area contributed by atoms with E-state index in [1.807, 2.05) is 22.6 Å². The number of nitrogens with two attached hydrogens (primary N) is 1. The standard InChI is InChI=1S/C18H17FIN3O6/c1-9(24)28-14-12(8-27-17(25)10-5-3-2-4-6-10)29-16(13(14)19)23-7-11(20)15(21)22-18(23)26/h2-7,12-14,16H,8H2,1H3,(H2,21,22,26)/t12-,13+,14-,16-/m1/s1. The Morgan fingerprint density at radius 3 is 2.69 bits per heavy atom. The summed E-state index contributed by atoms with van der Waals surface area (Å²) in [6, 6.07) is 8.19. The van der Waals surface area contributed by atoms with Gasteiger partial charge in [-0.25, -0.2) is 14.0 Å². The van der Waals surface area contributed by atoms with Gasteiger partial charge in [-0.2, -0.15) is 4.98 Å². The number of alkyl halides is 1. The molecule has 1 fully saturated rings. The first-order valence-corrected chi connectivity index (χ1v) is 9.59. The second-order valence-corrected chi connectivity index (χ2v) is 7.37. The van der Waals surface area contributed by atoms with Crippen molar-refractivity contribution in [2.24, 2.45) is 0 Å². The van der Waals surface area contributed by atoms with Gasteiger partial charge >= 0.3 is 17.6 Å². The monoisotopic (exact) mass is 517 g/mol. The van der Waals surface area contributed by atoms with E-state index in [0.29, 0.717) is 9.13 Å². The van der Waals surface area contributed by atoms with Crippen LogP contribution in [0.15, 0.2) is 41.3 Å². The summed E-state index contributed by atoms with van der Waals surface area (Å²) < 4.78 is 32.2. The number of carbonyl (C=O) groups excluding carboxylic acids is 2. The molecule has 29 heavy (non-hydrogen) atoms. The van der Waals surface area contributed by atoms with E-state index in [0.717, 1.165) is 11.5 Å². The predicted molar refractivity (Wildman–Crippen MR) is 107 cm³/mol. The van der Waals surface area contributed by atoms with Gasteiger partial charge in [0.05, 0.1) is 9.13 Å². The quantitative estimate of drug-likeness (QED) is 0.468. The van der Waals surface area contributed by atoms with E-state index in [1.165, 1.54) is 6.20 Å². The van der Waals surface area contributed by atoms with E-state index in [9.17, 15) is 14.4 Å². The van der Waals surface area contributed by atoms with E-state index in [2.05, 4.69) is 4.98 Å². The van der Waals surface area contributed by atoms with E-state index in [1.54, 1.807) is 30.3 Å². The summed E-state index contributed by atoms with van der Waals surface area (Å²) in [6.45, 7) is 0.740. The van der Waals surface area contributed by atoms with Gasteiger partial charge in [-0.3, -0.25) is 9.36 Å². The molecule has 4 atom stereocenters. The smallest absolute Gasteiger partial charge is 0.351 e. The van der Waals surface area contributed by atoms with Crippen LogP contribution in [0.5, 0.6) is 0 Å². The number of ether oxygens (including phenoxy) is 3. The Bertz CT molecular complexity index is 970. The van der Waals surface area contributed by atoms with Gasteiger partial charge in [0.15, 0.2) is 18.5 Å². The van der Waals surface area contributed by atoms with Crippen LogP contribution < -0.4 is 11.4 Å². The Balaban J connectivity index is 1.80. The summed E-state index contributed by atoms with van der Waals surface area (Å²) in [7, 11) is 0. The first kappa shape index (κ1) is 21.2. The zero-order valence-electron chi connectivity index (χ0n) is 15.2. The number of benzene rings is 1. The number of anilines is 1. The van der Waals surface area contributed by atoms with Gasteiger partial charge in [0.25, 0.3) is 0 Å². The minimum atomic E-state index is -1.89. The van der Waals surface area contributed by atoms with Crippen LogP contribution in [0.25, 0.3) is 0 Å². The Morgan fingerprint density at radius 1 is 1.34 bits per heavy atom. The largest absolute Gasteiger partial charge is 0.459 e. The summed E-state index contributed by atoms with van der Waals surface area (Å²) in [5.41, 5.74) is 5.07. The third-order valence-electron chi connectivity index (χ3n) is 4.17. The Hall–Kier alpha value is -2.54. The van der Waals surface area contributed by atoms with Crippen LogP contribution in [0, 0.1) is 3.57 Å². The summed E-state index contributed by atoms with van der Waals surface area (Å²) >= 11 is 1.84. The van der Waals surface area contributed by atoms with Crippen molar-refractivity contribution in [2.45, 2.75) is 31.5 Å². The average Bonchev–Trinajstić information content (AvgIpc) is 2.98. The molecule has 1 aromatic heterocycles. The maximum Gasteiger partial charge on any atom is 0.351 e. The number of aromatic nitrogens is 2. The van der Waals surface area contributed by atoms with E-state index >= 15 is 4.39 Å². The van der Waals surface area contributed by atoms with Crippen LogP contribution in [-0.4, -0.2) is 46.5 Å². The third-order valence-corrected chi connectivity index (χ3v) is 5.00. The number of halogens is 2. The average molecular weight is 517 g/mol. The van der Waals surface area contributed by atoms with Crippen LogP contribution in [0.4, 0.5) is 10.2 Å². The molecule has 0 saturated carbocycles. The molecule has 2 N–H and O–H groups in total. The number of rotatable bonds is 5. The molecule has 9 nitrogen and oxygen atoms in total. The second-order valence-electron chi connectivity index (χ2n) is 6.21. The van der Waals surface area contributed by atoms with Crippen molar-refractivity contribution in [1.82, 2.24) is 9.55 Å². The maximum absolute atomic E-state index is 15.0. The Morgan fingerprint density at radius 2 is 2.03 bits per heavy atom. The SMILES string of the molecule is CC(=O)O[C@H]1[C@H](F)[C@H](n2cc(I)c(N)nc2=O)O[C@@H]1COC(=O)c1ccccc1. The molecule has 11 heteroatoms. The van der Waals surface area contributed by atoms with Gasteiger partial charge in [-0.15, -0.1) is 0 Å². The molecule has 3 rings (SSSR count).